The molecule has 0 spiro atoms. The summed E-state index contributed by atoms with van der Waals surface area (Å²) >= 11 is 3.09. The van der Waals surface area contributed by atoms with Gasteiger partial charge in [-0.15, -0.1) is 0 Å². The Balaban J connectivity index is 2.56. The van der Waals surface area contributed by atoms with Crippen molar-refractivity contribution in [3.05, 3.63) is 22.6 Å². The van der Waals surface area contributed by atoms with Crippen molar-refractivity contribution < 1.29 is 14.0 Å². The van der Waals surface area contributed by atoms with Crippen LogP contribution in [0.25, 0.3) is 0 Å². The minimum Gasteiger partial charge on any atom is -0.457 e. The summed E-state index contributed by atoms with van der Waals surface area (Å²) in [5, 5.41) is 2.62. The number of nitrogens with two attached hydrogens (primary N) is 1. The smallest absolute Gasteiger partial charge is 0.255 e. The van der Waals surface area contributed by atoms with Crippen LogP contribution in [0.15, 0.2) is 21.4 Å². The molecule has 15 heavy (non-hydrogen) atoms. The van der Waals surface area contributed by atoms with Crippen LogP contribution in [0.4, 0.5) is 0 Å². The number of halogens is 1. The fraction of sp³-hybridized carbons (Fsp3) is 0.333. The zero-order valence-electron chi connectivity index (χ0n) is 8.12. The summed E-state index contributed by atoms with van der Waals surface area (Å²) in [6.45, 7) is 1.71. The van der Waals surface area contributed by atoms with Gasteiger partial charge in [0.05, 0.1) is 11.8 Å². The highest BCUT2D eigenvalue weighted by molar-refractivity contribution is 9.10. The second kappa shape index (κ2) is 4.97. The first kappa shape index (κ1) is 11.8. The van der Waals surface area contributed by atoms with Gasteiger partial charge in [0.25, 0.3) is 5.91 Å². The lowest BCUT2D eigenvalue weighted by Gasteiger charge is -2.10. The summed E-state index contributed by atoms with van der Waals surface area (Å²) in [6.07, 6.45) is 1.51. The molecule has 2 amide bonds. The van der Waals surface area contributed by atoms with Gasteiger partial charge in [-0.05, 0) is 28.9 Å². The standard InChI is InChI=1S/C9H11BrN2O3/c1-5(4-7(11)13)12-9(14)6-2-3-15-8(6)10/h2-3,5H,4H2,1H3,(H2,11,13)(H,12,14). The van der Waals surface area contributed by atoms with Gasteiger partial charge in [0.15, 0.2) is 4.67 Å². The topological polar surface area (TPSA) is 85.3 Å². The van der Waals surface area contributed by atoms with E-state index in [9.17, 15) is 9.59 Å². The molecule has 0 aliphatic rings. The van der Waals surface area contributed by atoms with Crippen molar-refractivity contribution >= 4 is 27.7 Å². The number of amides is 2. The number of carbonyl (C=O) groups excluding carboxylic acids is 2. The van der Waals surface area contributed by atoms with Gasteiger partial charge in [0.2, 0.25) is 5.91 Å². The molecule has 0 aromatic carbocycles. The number of carbonyl (C=O) groups is 2. The third kappa shape index (κ3) is 3.39. The molecule has 1 rings (SSSR count). The maximum atomic E-state index is 11.6. The van der Waals surface area contributed by atoms with E-state index < -0.39 is 5.91 Å². The highest BCUT2D eigenvalue weighted by atomic mass is 79.9. The van der Waals surface area contributed by atoms with E-state index >= 15 is 0 Å². The summed E-state index contributed by atoms with van der Waals surface area (Å²) in [7, 11) is 0. The number of hydrogen-bond acceptors (Lipinski definition) is 3. The number of nitrogens with one attached hydrogen (secondary N) is 1. The maximum absolute atomic E-state index is 11.6. The van der Waals surface area contributed by atoms with E-state index in [1.54, 1.807) is 6.92 Å². The average Bonchev–Trinajstić information content (AvgIpc) is 2.49. The third-order valence-electron chi connectivity index (χ3n) is 1.75. The van der Waals surface area contributed by atoms with Gasteiger partial charge in [-0.2, -0.15) is 0 Å². The molecule has 0 radical (unpaired) electrons. The van der Waals surface area contributed by atoms with Crippen molar-refractivity contribution in [1.29, 1.82) is 0 Å². The van der Waals surface area contributed by atoms with Gasteiger partial charge in [-0.25, -0.2) is 0 Å². The highest BCUT2D eigenvalue weighted by Gasteiger charge is 2.15. The van der Waals surface area contributed by atoms with E-state index in [0.29, 0.717) is 10.2 Å². The zero-order valence-corrected chi connectivity index (χ0v) is 9.71. The molecule has 82 valence electrons. The Morgan fingerprint density at radius 2 is 2.33 bits per heavy atom. The molecule has 0 aliphatic carbocycles. The van der Waals surface area contributed by atoms with Crippen LogP contribution in [0.1, 0.15) is 23.7 Å². The van der Waals surface area contributed by atoms with E-state index in [0.717, 1.165) is 0 Å². The van der Waals surface area contributed by atoms with E-state index in [2.05, 4.69) is 21.2 Å². The van der Waals surface area contributed by atoms with E-state index in [1.807, 2.05) is 0 Å². The van der Waals surface area contributed by atoms with Crippen LogP contribution >= 0.6 is 15.9 Å². The molecule has 6 heteroatoms. The van der Waals surface area contributed by atoms with Crippen molar-refractivity contribution in [2.75, 3.05) is 0 Å². The van der Waals surface area contributed by atoms with Crippen molar-refractivity contribution in [1.82, 2.24) is 5.32 Å². The summed E-state index contributed by atoms with van der Waals surface area (Å²) in [4.78, 5) is 22.2. The predicted octanol–water partition coefficient (Wildman–Crippen LogP) is 1.04. The van der Waals surface area contributed by atoms with Crippen LogP contribution < -0.4 is 11.1 Å². The molecule has 0 saturated heterocycles. The van der Waals surface area contributed by atoms with E-state index in [-0.39, 0.29) is 18.4 Å². The lowest BCUT2D eigenvalue weighted by Crippen LogP contribution is -2.35. The monoisotopic (exact) mass is 274 g/mol. The Kier molecular flexibility index (Phi) is 3.90. The van der Waals surface area contributed by atoms with Crippen molar-refractivity contribution in [3.8, 4) is 0 Å². The molecular formula is C9H11BrN2O3. The van der Waals surface area contributed by atoms with Gasteiger partial charge in [-0.3, -0.25) is 9.59 Å². The molecule has 1 aromatic heterocycles. The number of primary amides is 1. The van der Waals surface area contributed by atoms with E-state index in [1.165, 1.54) is 12.3 Å². The minimum atomic E-state index is -0.450. The molecule has 3 N–H and O–H groups in total. The Morgan fingerprint density at radius 3 is 2.80 bits per heavy atom. The quantitative estimate of drug-likeness (QED) is 0.860. The zero-order chi connectivity index (χ0) is 11.4. The van der Waals surface area contributed by atoms with E-state index in [4.69, 9.17) is 10.2 Å². The van der Waals surface area contributed by atoms with Gasteiger partial charge in [0.1, 0.15) is 0 Å². The van der Waals surface area contributed by atoms with Crippen LogP contribution in [0.5, 0.6) is 0 Å². The van der Waals surface area contributed by atoms with Crippen LogP contribution in [0.2, 0.25) is 0 Å². The molecule has 1 aromatic rings. The SMILES string of the molecule is CC(CC(N)=O)NC(=O)c1ccoc1Br. The molecule has 5 nitrogen and oxygen atoms in total. The first-order valence-corrected chi connectivity index (χ1v) is 5.12. The van der Waals surface area contributed by atoms with Crippen molar-refractivity contribution in [2.24, 2.45) is 5.73 Å². The van der Waals surface area contributed by atoms with Crippen molar-refractivity contribution in [2.45, 2.75) is 19.4 Å². The predicted molar refractivity (Wildman–Crippen MR) is 57.1 cm³/mol. The van der Waals surface area contributed by atoms with Gasteiger partial charge in [0, 0.05) is 12.5 Å². The Labute approximate surface area is 95.1 Å². The van der Waals surface area contributed by atoms with Crippen LogP contribution in [-0.4, -0.2) is 17.9 Å². The lowest BCUT2D eigenvalue weighted by molar-refractivity contribution is -0.118. The van der Waals surface area contributed by atoms with Crippen LogP contribution in [-0.2, 0) is 4.79 Å². The normalized spacial score (nSPS) is 12.1. The second-order valence-corrected chi connectivity index (χ2v) is 3.87. The molecular weight excluding hydrogens is 264 g/mol. The summed E-state index contributed by atoms with van der Waals surface area (Å²) in [6, 6.07) is 1.24. The second-order valence-electron chi connectivity index (χ2n) is 3.15. The summed E-state index contributed by atoms with van der Waals surface area (Å²) < 4.78 is 5.28. The van der Waals surface area contributed by atoms with Gasteiger partial charge in [-0.1, -0.05) is 0 Å². The van der Waals surface area contributed by atoms with Crippen LogP contribution in [0, 0.1) is 0 Å². The number of hydrogen-bond donors (Lipinski definition) is 2. The van der Waals surface area contributed by atoms with Crippen LogP contribution in [0.3, 0.4) is 0 Å². The Bertz CT molecular complexity index is 375. The molecule has 0 aliphatic heterocycles. The molecule has 1 unspecified atom stereocenters. The fourth-order valence-corrected chi connectivity index (χ4v) is 1.53. The Morgan fingerprint density at radius 1 is 1.67 bits per heavy atom. The maximum Gasteiger partial charge on any atom is 0.255 e. The first-order chi connectivity index (χ1) is 7.00. The van der Waals surface area contributed by atoms with Gasteiger partial charge < -0.3 is 15.5 Å². The molecule has 0 saturated carbocycles. The minimum absolute atomic E-state index is 0.112. The first-order valence-electron chi connectivity index (χ1n) is 4.33. The molecule has 1 atom stereocenters. The molecule has 0 fully saturated rings. The average molecular weight is 275 g/mol. The number of furan rings is 1. The lowest BCUT2D eigenvalue weighted by atomic mass is 10.2. The third-order valence-corrected chi connectivity index (χ3v) is 2.36. The summed E-state index contributed by atoms with van der Waals surface area (Å²) in [5.74, 6) is -0.751. The summed E-state index contributed by atoms with van der Waals surface area (Å²) in [5.41, 5.74) is 5.39. The van der Waals surface area contributed by atoms with Crippen molar-refractivity contribution in [3.63, 3.8) is 0 Å². The fourth-order valence-electron chi connectivity index (χ4n) is 1.11. The van der Waals surface area contributed by atoms with Gasteiger partial charge >= 0.3 is 0 Å². The Hall–Kier alpha value is -1.30. The number of rotatable bonds is 4. The molecule has 1 heterocycles. The largest absolute Gasteiger partial charge is 0.457 e. The molecule has 0 bridgehead atoms. The highest BCUT2D eigenvalue weighted by Crippen LogP contribution is 2.17.